The molecule has 0 spiro atoms. The summed E-state index contributed by atoms with van der Waals surface area (Å²) >= 11 is 0. The first kappa shape index (κ1) is 56.4. The van der Waals surface area contributed by atoms with E-state index in [0.717, 1.165) is 24.3 Å². The third-order valence-electron chi connectivity index (χ3n) is 8.92. The Hall–Kier alpha value is -8.20. The number of hydrogen-bond donors (Lipinski definition) is 7. The maximum Gasteiger partial charge on any atom is 0.319 e. The number of nitro benzene ring substituents is 5. The zero-order chi connectivity index (χ0) is 51.7. The molecular weight excluding hydrogens is 1040 g/mol. The van der Waals surface area contributed by atoms with E-state index >= 15 is 0 Å². The molecule has 0 aliphatic carbocycles. The molecular formula is C34H19N13Na2O21S2. The van der Waals surface area contributed by atoms with E-state index in [1.54, 1.807) is 0 Å². The van der Waals surface area contributed by atoms with Crippen molar-refractivity contribution in [1.29, 1.82) is 0 Å². The van der Waals surface area contributed by atoms with Crippen LogP contribution in [0.1, 0.15) is 0 Å². The number of non-ortho nitro benzene ring substituents is 3. The summed E-state index contributed by atoms with van der Waals surface area (Å²) in [6.07, 6.45) is 0. The Labute approximate surface area is 439 Å². The topological polar surface area (TPSA) is 524 Å². The summed E-state index contributed by atoms with van der Waals surface area (Å²) in [5.41, 5.74) is -12.4. The van der Waals surface area contributed by atoms with Crippen molar-refractivity contribution in [3.8, 4) is 28.7 Å². The molecule has 360 valence electrons. The van der Waals surface area contributed by atoms with Crippen molar-refractivity contribution in [3.63, 3.8) is 0 Å². The SMILES string of the molecule is O=[N+]([O-])c1ccc(N=Nc2c(S(=O)(=O)O)cc3cc(S(=O)(=O)O)cc(N=Nc4cc(N=Nc5cc([N+](=O)[O-])cc([N+](=O)[O-])c5O)c(O)c(N=Nc5cc([N+](=O)[O-])cc([N+](=O)[O-])c5O)c4O)c3c2O)cc1.[Na].[Na]. The summed E-state index contributed by atoms with van der Waals surface area (Å²) in [7, 11) is -10.7. The van der Waals surface area contributed by atoms with Gasteiger partial charge in [-0.25, -0.2) is 0 Å². The van der Waals surface area contributed by atoms with Gasteiger partial charge in [0.2, 0.25) is 11.5 Å². The van der Waals surface area contributed by atoms with Crippen LogP contribution in [0.5, 0.6) is 28.7 Å². The molecule has 0 saturated heterocycles. The van der Waals surface area contributed by atoms with E-state index in [9.17, 15) is 102 Å². The largest absolute Gasteiger partial charge is 0.505 e. The molecule has 0 bridgehead atoms. The number of hydrogen-bond acceptors (Lipinski definition) is 27. The monoisotopic (exact) mass is 1060 g/mol. The van der Waals surface area contributed by atoms with Crippen molar-refractivity contribution in [2.24, 2.45) is 40.9 Å². The Morgan fingerprint density at radius 2 is 0.819 bits per heavy atom. The maximum absolute atomic E-state index is 12.5. The second kappa shape index (κ2) is 21.8. The fourth-order valence-electron chi connectivity index (χ4n) is 5.72. The van der Waals surface area contributed by atoms with Gasteiger partial charge in [0, 0.05) is 89.4 Å². The standard InChI is InChI=1S/C34H19N13O21S2.2Na/c48-30-20(7-16(44(55)56)9-24(30)46(59)60)37-39-23-12-22(32(50)29(33(23)51)42-40-21-8-17(45(57)58)10-25(31(21)49)47(61)62)38-36-19-11-18(69(63,64)65)5-13-6-26(70(66,67)68)28(34(52)27(13)19)41-35-14-1-3-15(4-2-14)43(53)54;;/h1-12,48-52H,(H,63,64,65)(H,66,67,68);;. The number of azo groups is 4. The first-order chi connectivity index (χ1) is 32.7. The van der Waals surface area contributed by atoms with Crippen molar-refractivity contribution < 1.29 is 76.1 Å². The molecule has 0 atom stereocenters. The number of rotatable bonds is 15. The van der Waals surface area contributed by atoms with E-state index in [0.29, 0.717) is 48.5 Å². The van der Waals surface area contributed by atoms with Crippen molar-refractivity contribution in [2.45, 2.75) is 9.79 Å². The third-order valence-corrected chi connectivity index (χ3v) is 10.6. The van der Waals surface area contributed by atoms with Gasteiger partial charge in [0.25, 0.3) is 37.3 Å². The average molecular weight is 1060 g/mol. The number of nitro groups is 5. The Balaban J connectivity index is 0.00000562. The van der Waals surface area contributed by atoms with Crippen LogP contribution in [-0.4, -0.2) is 135 Å². The molecule has 0 aliphatic heterocycles. The van der Waals surface area contributed by atoms with Gasteiger partial charge in [-0.15, -0.1) is 35.8 Å². The van der Waals surface area contributed by atoms with E-state index in [2.05, 4.69) is 40.9 Å². The van der Waals surface area contributed by atoms with Crippen LogP contribution < -0.4 is 0 Å². The van der Waals surface area contributed by atoms with E-state index in [4.69, 9.17) is 0 Å². The zero-order valence-electron chi connectivity index (χ0n) is 35.4. The Morgan fingerprint density at radius 3 is 1.24 bits per heavy atom. The number of phenols is 5. The van der Waals surface area contributed by atoms with Gasteiger partial charge in [-0.2, -0.15) is 21.9 Å². The van der Waals surface area contributed by atoms with E-state index < -0.39 is 162 Å². The summed E-state index contributed by atoms with van der Waals surface area (Å²) in [6, 6.07) is 7.79. The van der Waals surface area contributed by atoms with Gasteiger partial charge in [0.1, 0.15) is 33.3 Å². The number of fused-ring (bicyclic) bond motifs is 1. The molecule has 0 fully saturated rings. The Bertz CT molecular complexity index is 3670. The number of benzene rings is 6. The number of phenolic OH excluding ortho intramolecular Hbond substituents is 5. The molecule has 6 aromatic carbocycles. The van der Waals surface area contributed by atoms with Crippen molar-refractivity contribution in [2.75, 3.05) is 0 Å². The van der Waals surface area contributed by atoms with Crippen LogP contribution >= 0.6 is 0 Å². The van der Waals surface area contributed by atoms with Gasteiger partial charge in [-0.3, -0.25) is 59.7 Å². The van der Waals surface area contributed by atoms with E-state index in [1.807, 2.05) is 0 Å². The summed E-state index contributed by atoms with van der Waals surface area (Å²) in [5, 5.41) is 139. The molecule has 0 heterocycles. The van der Waals surface area contributed by atoms with Gasteiger partial charge in [0.05, 0.1) is 58.4 Å². The van der Waals surface area contributed by atoms with E-state index in [-0.39, 0.29) is 64.8 Å². The molecule has 0 aliphatic rings. The smallest absolute Gasteiger partial charge is 0.319 e. The molecule has 0 aromatic heterocycles. The second-order valence-electron chi connectivity index (χ2n) is 13.3. The molecule has 0 unspecified atom stereocenters. The normalized spacial score (nSPS) is 11.8. The quantitative estimate of drug-likeness (QED) is 0.0167. The third kappa shape index (κ3) is 12.0. The van der Waals surface area contributed by atoms with Gasteiger partial charge in [-0.1, -0.05) is 0 Å². The molecule has 0 amide bonds. The number of aromatic hydroxyl groups is 5. The molecule has 38 heteroatoms. The van der Waals surface area contributed by atoms with Crippen molar-refractivity contribution >= 4 is 164 Å². The van der Waals surface area contributed by atoms with Crippen molar-refractivity contribution in [3.05, 3.63) is 123 Å². The van der Waals surface area contributed by atoms with Crippen LogP contribution in [0.3, 0.4) is 0 Å². The molecule has 34 nitrogen and oxygen atoms in total. The molecule has 6 rings (SSSR count). The predicted octanol–water partition coefficient (Wildman–Crippen LogP) is 8.30. The molecule has 2 radical (unpaired) electrons. The van der Waals surface area contributed by atoms with Gasteiger partial charge >= 0.3 is 11.4 Å². The van der Waals surface area contributed by atoms with Crippen LogP contribution in [0.4, 0.5) is 73.9 Å². The summed E-state index contributed by atoms with van der Waals surface area (Å²) < 4.78 is 69.8. The van der Waals surface area contributed by atoms with Gasteiger partial charge < -0.3 is 25.5 Å². The first-order valence-electron chi connectivity index (χ1n) is 17.8. The van der Waals surface area contributed by atoms with Gasteiger partial charge in [0.15, 0.2) is 22.9 Å². The summed E-state index contributed by atoms with van der Waals surface area (Å²) in [6.45, 7) is 0. The van der Waals surface area contributed by atoms with Crippen LogP contribution in [0.25, 0.3) is 10.8 Å². The fraction of sp³-hybridized carbons (Fsp3) is 0. The minimum Gasteiger partial charge on any atom is -0.505 e. The molecule has 6 aromatic rings. The maximum atomic E-state index is 12.5. The van der Waals surface area contributed by atoms with E-state index in [1.165, 1.54) is 0 Å². The molecule has 0 saturated carbocycles. The minimum atomic E-state index is -5.42. The summed E-state index contributed by atoms with van der Waals surface area (Å²) in [5.74, 6) is -6.62. The predicted molar refractivity (Wildman–Crippen MR) is 239 cm³/mol. The Kier molecular flexibility index (Phi) is 17.1. The fourth-order valence-corrected chi connectivity index (χ4v) is 6.91. The summed E-state index contributed by atoms with van der Waals surface area (Å²) in [4.78, 5) is 49.2. The Morgan fingerprint density at radius 1 is 0.403 bits per heavy atom. The zero-order valence-corrected chi connectivity index (χ0v) is 41.0. The van der Waals surface area contributed by atoms with Gasteiger partial charge in [-0.05, 0) is 35.7 Å². The molecule has 7 N–H and O–H groups in total. The minimum absolute atomic E-state index is 0. The first-order valence-corrected chi connectivity index (χ1v) is 20.7. The van der Waals surface area contributed by atoms with Crippen LogP contribution in [-0.2, 0) is 20.2 Å². The average Bonchev–Trinajstić information content (AvgIpc) is 3.27. The van der Waals surface area contributed by atoms with Crippen LogP contribution in [0, 0.1) is 50.6 Å². The van der Waals surface area contributed by atoms with Crippen molar-refractivity contribution in [1.82, 2.24) is 0 Å². The number of nitrogens with zero attached hydrogens (tertiary/aromatic N) is 13. The second-order valence-corrected chi connectivity index (χ2v) is 16.1. The molecule has 72 heavy (non-hydrogen) atoms. The van der Waals surface area contributed by atoms with Crippen LogP contribution in [0.2, 0.25) is 0 Å². The van der Waals surface area contributed by atoms with Crippen LogP contribution in [0.15, 0.2) is 124 Å².